The van der Waals surface area contributed by atoms with E-state index >= 15 is 0 Å². The number of rotatable bonds is 3. The lowest BCUT2D eigenvalue weighted by atomic mass is 9.89. The first kappa shape index (κ1) is 13.9. The molecule has 0 amide bonds. The number of hydrogen-bond donors (Lipinski definition) is 1. The van der Waals surface area contributed by atoms with Crippen LogP contribution in [0.1, 0.15) is 50.6 Å². The average molecular weight is 274 g/mol. The summed E-state index contributed by atoms with van der Waals surface area (Å²) in [5, 5.41) is 0. The Kier molecular flexibility index (Phi) is 4.27. The summed E-state index contributed by atoms with van der Waals surface area (Å²) in [5.41, 5.74) is 8.94. The summed E-state index contributed by atoms with van der Waals surface area (Å²) < 4.78 is 5.99. The predicted molar refractivity (Wildman–Crippen MR) is 83.0 cm³/mol. The Hall–Kier alpha value is -1.06. The van der Waals surface area contributed by atoms with Gasteiger partial charge < -0.3 is 15.4 Å². The molecule has 1 aliphatic carbocycles. The van der Waals surface area contributed by atoms with Crippen LogP contribution in [0.25, 0.3) is 0 Å². The van der Waals surface area contributed by atoms with Crippen LogP contribution < -0.4 is 10.6 Å². The van der Waals surface area contributed by atoms with Gasteiger partial charge in [0.25, 0.3) is 0 Å². The van der Waals surface area contributed by atoms with Crippen molar-refractivity contribution in [1.82, 2.24) is 0 Å². The molecule has 110 valence electrons. The molecule has 3 heteroatoms. The molecule has 1 aromatic carbocycles. The van der Waals surface area contributed by atoms with Gasteiger partial charge in [0.15, 0.2) is 0 Å². The number of fused-ring (bicyclic) bond motifs is 1. The smallest absolute Gasteiger partial charge is 0.0779 e. The topological polar surface area (TPSA) is 38.5 Å². The minimum Gasteiger partial charge on any atom is -0.374 e. The van der Waals surface area contributed by atoms with Gasteiger partial charge in [-0.25, -0.2) is 0 Å². The Balaban J connectivity index is 1.91. The molecule has 2 N–H and O–H groups in total. The van der Waals surface area contributed by atoms with Crippen LogP contribution in [0.5, 0.6) is 0 Å². The van der Waals surface area contributed by atoms with E-state index in [0.29, 0.717) is 12.1 Å². The van der Waals surface area contributed by atoms with Gasteiger partial charge in [-0.3, -0.25) is 0 Å². The number of anilines is 1. The van der Waals surface area contributed by atoms with Crippen LogP contribution in [-0.2, 0) is 4.74 Å². The van der Waals surface area contributed by atoms with Crippen molar-refractivity contribution in [2.24, 2.45) is 5.73 Å². The normalized spacial score (nSPS) is 28.0. The Morgan fingerprint density at radius 2 is 2.10 bits per heavy atom. The largest absolute Gasteiger partial charge is 0.374 e. The number of nitrogens with zero attached hydrogens (tertiary/aromatic N) is 1. The molecule has 0 aromatic heterocycles. The number of benzene rings is 1. The summed E-state index contributed by atoms with van der Waals surface area (Å²) in [5.74, 6) is 0. The maximum absolute atomic E-state index is 6.31. The van der Waals surface area contributed by atoms with Crippen molar-refractivity contribution in [1.29, 1.82) is 0 Å². The molecule has 1 aliphatic heterocycles. The van der Waals surface area contributed by atoms with Crippen molar-refractivity contribution < 1.29 is 4.74 Å². The van der Waals surface area contributed by atoms with Crippen LogP contribution in [-0.4, -0.2) is 25.3 Å². The third-order valence-corrected chi connectivity index (χ3v) is 4.82. The van der Waals surface area contributed by atoms with Gasteiger partial charge in [-0.1, -0.05) is 38.0 Å². The van der Waals surface area contributed by atoms with E-state index in [1.54, 1.807) is 0 Å². The number of ether oxygens (including phenoxy) is 1. The highest BCUT2D eigenvalue weighted by atomic mass is 16.5. The first-order chi connectivity index (χ1) is 9.81. The van der Waals surface area contributed by atoms with Crippen molar-refractivity contribution >= 4 is 5.69 Å². The quantitative estimate of drug-likeness (QED) is 0.919. The highest BCUT2D eigenvalue weighted by Crippen LogP contribution is 2.35. The van der Waals surface area contributed by atoms with Crippen molar-refractivity contribution in [3.63, 3.8) is 0 Å². The van der Waals surface area contributed by atoms with Crippen molar-refractivity contribution in [2.75, 3.05) is 18.1 Å². The van der Waals surface area contributed by atoms with E-state index in [1.807, 2.05) is 0 Å². The number of hydrogen-bond acceptors (Lipinski definition) is 3. The second-order valence-corrected chi connectivity index (χ2v) is 6.03. The zero-order chi connectivity index (χ0) is 13.9. The van der Waals surface area contributed by atoms with Crippen molar-refractivity contribution in [3.05, 3.63) is 29.8 Å². The standard InChI is InChI=1S/C17H26N2O/c1-2-14(18)13-7-3-4-8-15(13)19-11-12-20-17-10-6-5-9-16(17)19/h3-4,7-8,14,16-17H,2,5-6,9-12,18H2,1H3. The third-order valence-electron chi connectivity index (χ3n) is 4.82. The molecule has 1 aromatic rings. The molecule has 20 heavy (non-hydrogen) atoms. The van der Waals surface area contributed by atoms with Crippen LogP contribution in [0, 0.1) is 0 Å². The third kappa shape index (κ3) is 2.57. The summed E-state index contributed by atoms with van der Waals surface area (Å²) in [6.45, 7) is 4.00. The molecule has 3 nitrogen and oxygen atoms in total. The molecule has 3 atom stereocenters. The SMILES string of the molecule is CCC(N)c1ccccc1N1CCOC2CCCCC21. The first-order valence-electron chi connectivity index (χ1n) is 8.04. The highest BCUT2D eigenvalue weighted by Gasteiger charge is 2.35. The van der Waals surface area contributed by atoms with Gasteiger partial charge in [0.05, 0.1) is 18.8 Å². The van der Waals surface area contributed by atoms with Crippen LogP contribution >= 0.6 is 0 Å². The molecule has 2 fully saturated rings. The van der Waals surface area contributed by atoms with E-state index in [1.165, 1.54) is 36.9 Å². The van der Waals surface area contributed by atoms with E-state index in [9.17, 15) is 0 Å². The Morgan fingerprint density at radius 1 is 1.30 bits per heavy atom. The van der Waals surface area contributed by atoms with Gasteiger partial charge in [-0.2, -0.15) is 0 Å². The van der Waals surface area contributed by atoms with E-state index < -0.39 is 0 Å². The lowest BCUT2D eigenvalue weighted by molar-refractivity contribution is -0.00875. The first-order valence-corrected chi connectivity index (χ1v) is 8.04. The van der Waals surface area contributed by atoms with E-state index in [-0.39, 0.29) is 6.04 Å². The minimum absolute atomic E-state index is 0.135. The van der Waals surface area contributed by atoms with Crippen LogP contribution in [0.15, 0.2) is 24.3 Å². The van der Waals surface area contributed by atoms with E-state index in [2.05, 4.69) is 36.1 Å². The molecule has 0 spiro atoms. The lowest BCUT2D eigenvalue weighted by Crippen LogP contribution is -2.53. The Labute approximate surface area is 122 Å². The molecule has 0 radical (unpaired) electrons. The number of para-hydroxylation sites is 1. The van der Waals surface area contributed by atoms with Gasteiger partial charge in [0.1, 0.15) is 0 Å². The molecule has 3 rings (SSSR count). The predicted octanol–water partition coefficient (Wildman–Crippen LogP) is 3.24. The zero-order valence-corrected chi connectivity index (χ0v) is 12.4. The molecule has 1 saturated carbocycles. The van der Waals surface area contributed by atoms with Crippen molar-refractivity contribution in [2.45, 2.75) is 57.2 Å². The molecule has 3 unspecified atom stereocenters. The highest BCUT2D eigenvalue weighted by molar-refractivity contribution is 5.56. The fourth-order valence-corrected chi connectivity index (χ4v) is 3.68. The summed E-state index contributed by atoms with van der Waals surface area (Å²) >= 11 is 0. The van der Waals surface area contributed by atoms with Gasteiger partial charge in [0.2, 0.25) is 0 Å². The fraction of sp³-hybridized carbons (Fsp3) is 0.647. The molecular weight excluding hydrogens is 248 g/mol. The van der Waals surface area contributed by atoms with Gasteiger partial charge >= 0.3 is 0 Å². The Morgan fingerprint density at radius 3 is 2.95 bits per heavy atom. The van der Waals surface area contributed by atoms with Gasteiger partial charge in [-0.15, -0.1) is 0 Å². The monoisotopic (exact) mass is 274 g/mol. The van der Waals surface area contributed by atoms with Crippen molar-refractivity contribution in [3.8, 4) is 0 Å². The van der Waals surface area contributed by atoms with Gasteiger partial charge in [-0.05, 0) is 30.9 Å². The maximum Gasteiger partial charge on any atom is 0.0779 e. The lowest BCUT2D eigenvalue weighted by Gasteiger charge is -2.46. The number of nitrogens with two attached hydrogens (primary N) is 1. The van der Waals surface area contributed by atoms with Crippen LogP contribution in [0.3, 0.4) is 0 Å². The summed E-state index contributed by atoms with van der Waals surface area (Å²) in [6.07, 6.45) is 6.50. The second kappa shape index (κ2) is 6.15. The minimum atomic E-state index is 0.135. The molecule has 0 bridgehead atoms. The number of morpholine rings is 1. The molecule has 1 saturated heterocycles. The average Bonchev–Trinajstić information content (AvgIpc) is 2.53. The summed E-state index contributed by atoms with van der Waals surface area (Å²) in [4.78, 5) is 2.57. The van der Waals surface area contributed by atoms with E-state index in [4.69, 9.17) is 10.5 Å². The molecular formula is C17H26N2O. The zero-order valence-electron chi connectivity index (χ0n) is 12.4. The van der Waals surface area contributed by atoms with Gasteiger partial charge in [0, 0.05) is 18.3 Å². The van der Waals surface area contributed by atoms with E-state index in [0.717, 1.165) is 19.6 Å². The second-order valence-electron chi connectivity index (χ2n) is 6.03. The summed E-state index contributed by atoms with van der Waals surface area (Å²) in [7, 11) is 0. The molecule has 2 aliphatic rings. The fourth-order valence-electron chi connectivity index (χ4n) is 3.68. The van der Waals surface area contributed by atoms with Crippen LogP contribution in [0.2, 0.25) is 0 Å². The maximum atomic E-state index is 6.31. The Bertz CT molecular complexity index is 446. The van der Waals surface area contributed by atoms with Crippen LogP contribution in [0.4, 0.5) is 5.69 Å². The molecule has 1 heterocycles. The summed E-state index contributed by atoms with van der Waals surface area (Å²) in [6, 6.07) is 9.35.